The summed E-state index contributed by atoms with van der Waals surface area (Å²) in [7, 11) is 0. The van der Waals surface area contributed by atoms with E-state index in [-0.39, 0.29) is 0 Å². The fourth-order valence-electron chi connectivity index (χ4n) is 2.38. The maximum atomic E-state index is 10.3. The normalized spacial score (nSPS) is 12.7. The predicted molar refractivity (Wildman–Crippen MR) is 77.9 cm³/mol. The zero-order chi connectivity index (χ0) is 13.5. The number of hydrogen-bond acceptors (Lipinski definition) is 3. The van der Waals surface area contributed by atoms with Crippen LogP contribution in [-0.4, -0.2) is 15.1 Å². The molecule has 1 heterocycles. The van der Waals surface area contributed by atoms with Gasteiger partial charge in [-0.1, -0.05) is 51.2 Å². The summed E-state index contributed by atoms with van der Waals surface area (Å²) in [4.78, 5) is 8.61. The lowest BCUT2D eigenvalue weighted by molar-refractivity contribution is 0.164. The van der Waals surface area contributed by atoms with Crippen molar-refractivity contribution in [3.63, 3.8) is 0 Å². The highest BCUT2D eigenvalue weighted by Gasteiger charge is 2.11. The number of hydrogen-bond donors (Lipinski definition) is 1. The van der Waals surface area contributed by atoms with Crippen molar-refractivity contribution in [2.24, 2.45) is 0 Å². The van der Waals surface area contributed by atoms with Gasteiger partial charge in [-0.15, -0.1) is 0 Å². The summed E-state index contributed by atoms with van der Waals surface area (Å²) in [6, 6.07) is 5.82. The molecular formula is C16H22N2O. The lowest BCUT2D eigenvalue weighted by Gasteiger charge is -2.12. The van der Waals surface area contributed by atoms with E-state index in [0.29, 0.717) is 0 Å². The number of fused-ring (bicyclic) bond motifs is 1. The Morgan fingerprint density at radius 3 is 2.68 bits per heavy atom. The Balaban J connectivity index is 1.99. The zero-order valence-corrected chi connectivity index (χ0v) is 11.5. The Bertz CT molecular complexity index is 508. The van der Waals surface area contributed by atoms with E-state index >= 15 is 0 Å². The Morgan fingerprint density at radius 1 is 1.05 bits per heavy atom. The molecule has 19 heavy (non-hydrogen) atoms. The Labute approximate surface area is 114 Å². The van der Waals surface area contributed by atoms with E-state index in [4.69, 9.17) is 0 Å². The van der Waals surface area contributed by atoms with Crippen LogP contribution in [0.5, 0.6) is 0 Å². The third kappa shape index (κ3) is 3.74. The molecule has 102 valence electrons. The number of benzene rings is 1. The van der Waals surface area contributed by atoms with E-state index in [2.05, 4.69) is 16.9 Å². The third-order valence-corrected chi connectivity index (χ3v) is 3.47. The summed E-state index contributed by atoms with van der Waals surface area (Å²) in [5, 5.41) is 10.3. The summed E-state index contributed by atoms with van der Waals surface area (Å²) >= 11 is 0. The molecule has 2 rings (SSSR count). The van der Waals surface area contributed by atoms with E-state index in [0.717, 1.165) is 29.4 Å². The van der Waals surface area contributed by atoms with Crippen molar-refractivity contribution >= 4 is 11.0 Å². The number of aliphatic hydroxyl groups excluding tert-OH is 1. The van der Waals surface area contributed by atoms with Crippen molar-refractivity contribution in [1.82, 2.24) is 9.97 Å². The SMILES string of the molecule is CCCCCCCC(O)c1cccc2nccnc12. The van der Waals surface area contributed by atoms with Crippen molar-refractivity contribution < 1.29 is 5.11 Å². The van der Waals surface area contributed by atoms with Crippen molar-refractivity contribution in [3.05, 3.63) is 36.2 Å². The van der Waals surface area contributed by atoms with Gasteiger partial charge in [0.25, 0.3) is 0 Å². The summed E-state index contributed by atoms with van der Waals surface area (Å²) in [5.41, 5.74) is 2.58. The van der Waals surface area contributed by atoms with Crippen LogP contribution in [0.3, 0.4) is 0 Å². The molecule has 0 amide bonds. The first-order valence-electron chi connectivity index (χ1n) is 7.20. The van der Waals surface area contributed by atoms with Gasteiger partial charge in [-0.2, -0.15) is 0 Å². The molecule has 3 nitrogen and oxygen atoms in total. The van der Waals surface area contributed by atoms with Gasteiger partial charge in [-0.3, -0.25) is 9.97 Å². The van der Waals surface area contributed by atoms with Gasteiger partial charge in [0.1, 0.15) is 0 Å². The van der Waals surface area contributed by atoms with Gasteiger partial charge >= 0.3 is 0 Å². The molecule has 1 unspecified atom stereocenters. The standard InChI is InChI=1S/C16H22N2O/c1-2-3-4-5-6-10-15(19)13-8-7-9-14-16(13)18-12-11-17-14/h7-9,11-12,15,19H,2-6,10H2,1H3. The molecule has 1 N–H and O–H groups in total. The van der Waals surface area contributed by atoms with E-state index in [1.807, 2.05) is 18.2 Å². The molecule has 0 spiro atoms. The molecule has 1 atom stereocenters. The lowest BCUT2D eigenvalue weighted by atomic mass is 10.0. The van der Waals surface area contributed by atoms with Crippen molar-refractivity contribution in [2.75, 3.05) is 0 Å². The van der Waals surface area contributed by atoms with Crippen LogP contribution in [-0.2, 0) is 0 Å². The monoisotopic (exact) mass is 258 g/mol. The van der Waals surface area contributed by atoms with Gasteiger partial charge in [0.05, 0.1) is 17.1 Å². The van der Waals surface area contributed by atoms with Crippen molar-refractivity contribution in [2.45, 2.75) is 51.6 Å². The maximum absolute atomic E-state index is 10.3. The average Bonchev–Trinajstić information content (AvgIpc) is 2.46. The van der Waals surface area contributed by atoms with Gasteiger partial charge in [0.15, 0.2) is 0 Å². The van der Waals surface area contributed by atoms with E-state index < -0.39 is 6.10 Å². The maximum Gasteiger partial charge on any atom is 0.0944 e. The van der Waals surface area contributed by atoms with Crippen LogP contribution in [0.2, 0.25) is 0 Å². The molecule has 0 saturated heterocycles. The summed E-state index contributed by atoms with van der Waals surface area (Å²) in [6.07, 6.45) is 9.80. The Morgan fingerprint density at radius 2 is 1.84 bits per heavy atom. The summed E-state index contributed by atoms with van der Waals surface area (Å²) < 4.78 is 0. The van der Waals surface area contributed by atoms with Crippen molar-refractivity contribution in [1.29, 1.82) is 0 Å². The number of aromatic nitrogens is 2. The highest BCUT2D eigenvalue weighted by molar-refractivity contribution is 5.77. The third-order valence-electron chi connectivity index (χ3n) is 3.47. The number of para-hydroxylation sites is 1. The van der Waals surface area contributed by atoms with Crippen LogP contribution in [0.1, 0.15) is 57.1 Å². The van der Waals surface area contributed by atoms with E-state index in [1.165, 1.54) is 25.7 Å². The molecule has 2 aromatic rings. The molecule has 0 aliphatic rings. The second-order valence-corrected chi connectivity index (χ2v) is 4.99. The minimum absolute atomic E-state index is 0.429. The number of nitrogens with zero attached hydrogens (tertiary/aromatic N) is 2. The van der Waals surface area contributed by atoms with Gasteiger partial charge < -0.3 is 5.11 Å². The van der Waals surface area contributed by atoms with E-state index in [9.17, 15) is 5.11 Å². The second kappa shape index (κ2) is 7.19. The molecule has 3 heteroatoms. The van der Waals surface area contributed by atoms with Gasteiger partial charge in [-0.25, -0.2) is 0 Å². The summed E-state index contributed by atoms with van der Waals surface area (Å²) in [5.74, 6) is 0. The van der Waals surface area contributed by atoms with Gasteiger partial charge in [0.2, 0.25) is 0 Å². The fourth-order valence-corrected chi connectivity index (χ4v) is 2.38. The minimum Gasteiger partial charge on any atom is -0.388 e. The first-order chi connectivity index (χ1) is 9.33. The fraction of sp³-hybridized carbons (Fsp3) is 0.500. The zero-order valence-electron chi connectivity index (χ0n) is 11.5. The topological polar surface area (TPSA) is 46.0 Å². The lowest BCUT2D eigenvalue weighted by Crippen LogP contribution is -2.00. The second-order valence-electron chi connectivity index (χ2n) is 4.99. The molecule has 0 aliphatic carbocycles. The molecule has 1 aromatic heterocycles. The highest BCUT2D eigenvalue weighted by atomic mass is 16.3. The van der Waals surface area contributed by atoms with Crippen LogP contribution >= 0.6 is 0 Å². The largest absolute Gasteiger partial charge is 0.388 e. The molecule has 0 fully saturated rings. The van der Waals surface area contributed by atoms with Crippen LogP contribution in [0, 0.1) is 0 Å². The number of unbranched alkanes of at least 4 members (excludes halogenated alkanes) is 4. The van der Waals surface area contributed by atoms with Crippen molar-refractivity contribution in [3.8, 4) is 0 Å². The summed E-state index contributed by atoms with van der Waals surface area (Å²) in [6.45, 7) is 2.21. The minimum atomic E-state index is -0.429. The Hall–Kier alpha value is -1.48. The molecule has 0 radical (unpaired) electrons. The first-order valence-corrected chi connectivity index (χ1v) is 7.20. The van der Waals surface area contributed by atoms with Gasteiger partial charge in [0, 0.05) is 18.0 Å². The average molecular weight is 258 g/mol. The van der Waals surface area contributed by atoms with Crippen LogP contribution in [0.25, 0.3) is 11.0 Å². The first kappa shape index (κ1) is 13.9. The van der Waals surface area contributed by atoms with Crippen LogP contribution < -0.4 is 0 Å². The van der Waals surface area contributed by atoms with Crippen LogP contribution in [0.15, 0.2) is 30.6 Å². The smallest absolute Gasteiger partial charge is 0.0944 e. The van der Waals surface area contributed by atoms with Gasteiger partial charge in [-0.05, 0) is 12.5 Å². The molecular weight excluding hydrogens is 236 g/mol. The number of aliphatic hydroxyl groups is 1. The number of rotatable bonds is 7. The predicted octanol–water partition coefficient (Wildman–Crippen LogP) is 4.02. The quantitative estimate of drug-likeness (QED) is 0.763. The highest BCUT2D eigenvalue weighted by Crippen LogP contribution is 2.25. The Kier molecular flexibility index (Phi) is 5.28. The molecule has 0 saturated carbocycles. The van der Waals surface area contributed by atoms with E-state index in [1.54, 1.807) is 12.4 Å². The molecule has 0 aliphatic heterocycles. The molecule has 0 bridgehead atoms. The molecule has 1 aromatic carbocycles. The van der Waals surface area contributed by atoms with Crippen LogP contribution in [0.4, 0.5) is 0 Å².